The van der Waals surface area contributed by atoms with Crippen molar-refractivity contribution >= 4 is 23.4 Å². The Balaban J connectivity index is 2.15. The number of benzene rings is 1. The summed E-state index contributed by atoms with van der Waals surface area (Å²) >= 11 is 0. The van der Waals surface area contributed by atoms with Gasteiger partial charge in [-0.05, 0) is 43.2 Å². The van der Waals surface area contributed by atoms with Crippen molar-refractivity contribution in [3.05, 3.63) is 53.3 Å². The highest BCUT2D eigenvalue weighted by Gasteiger charge is 2.12. The lowest BCUT2D eigenvalue weighted by Crippen LogP contribution is -2.21. The normalized spacial score (nSPS) is 10.0. The van der Waals surface area contributed by atoms with E-state index in [9.17, 15) is 9.59 Å². The molecule has 0 spiro atoms. The van der Waals surface area contributed by atoms with E-state index in [4.69, 9.17) is 5.11 Å². The molecule has 6 heteroatoms. The molecule has 0 aliphatic carbocycles. The van der Waals surface area contributed by atoms with Crippen LogP contribution in [0.3, 0.4) is 0 Å². The van der Waals surface area contributed by atoms with Gasteiger partial charge in [0.15, 0.2) is 0 Å². The zero-order chi connectivity index (χ0) is 15.4. The van der Waals surface area contributed by atoms with E-state index in [1.165, 1.54) is 6.07 Å². The van der Waals surface area contributed by atoms with E-state index < -0.39 is 12.0 Å². The minimum Gasteiger partial charge on any atom is -0.478 e. The number of carboxylic acid groups (broad SMARTS) is 1. The number of hydrogen-bond acceptors (Lipinski definition) is 3. The van der Waals surface area contributed by atoms with Crippen molar-refractivity contribution in [1.29, 1.82) is 0 Å². The number of carboxylic acids is 1. The monoisotopic (exact) mass is 285 g/mol. The third-order valence-corrected chi connectivity index (χ3v) is 3.10. The van der Waals surface area contributed by atoms with Crippen LogP contribution in [0.15, 0.2) is 36.7 Å². The number of pyridine rings is 1. The molecule has 2 aromatic rings. The van der Waals surface area contributed by atoms with E-state index in [0.29, 0.717) is 16.9 Å². The molecule has 0 bridgehead atoms. The van der Waals surface area contributed by atoms with Crippen LogP contribution in [0.1, 0.15) is 21.5 Å². The molecule has 6 nitrogen and oxygen atoms in total. The summed E-state index contributed by atoms with van der Waals surface area (Å²) < 4.78 is 0. The topological polar surface area (TPSA) is 91.3 Å². The number of urea groups is 1. The number of nitrogens with one attached hydrogen (secondary N) is 2. The molecular formula is C15H15N3O3. The standard InChI is InChI=1S/C15H15N3O3/c1-9-6-7-16-8-13(9)18-15(21)17-12-5-3-4-11(10(12)2)14(19)20/h3-8H,1-2H3,(H,19,20)(H2,17,18,21). The molecule has 1 heterocycles. The van der Waals surface area contributed by atoms with E-state index in [1.54, 1.807) is 37.5 Å². The Bertz CT molecular complexity index is 698. The minimum absolute atomic E-state index is 0.158. The fourth-order valence-corrected chi connectivity index (χ4v) is 1.87. The molecule has 0 saturated carbocycles. The van der Waals surface area contributed by atoms with Crippen LogP contribution in [0, 0.1) is 13.8 Å². The summed E-state index contributed by atoms with van der Waals surface area (Å²) in [6.45, 7) is 3.50. The van der Waals surface area contributed by atoms with Gasteiger partial charge in [-0.15, -0.1) is 0 Å². The molecule has 0 aliphatic heterocycles. The molecule has 0 saturated heterocycles. The Morgan fingerprint density at radius 3 is 2.48 bits per heavy atom. The van der Waals surface area contributed by atoms with E-state index in [1.807, 2.05) is 6.92 Å². The van der Waals surface area contributed by atoms with Gasteiger partial charge in [-0.3, -0.25) is 4.98 Å². The van der Waals surface area contributed by atoms with Gasteiger partial charge in [0.2, 0.25) is 0 Å². The van der Waals surface area contributed by atoms with Crippen LogP contribution in [0.4, 0.5) is 16.2 Å². The lowest BCUT2D eigenvalue weighted by Gasteiger charge is -2.12. The summed E-state index contributed by atoms with van der Waals surface area (Å²) in [5.41, 5.74) is 2.60. The molecular weight excluding hydrogens is 270 g/mol. The van der Waals surface area contributed by atoms with Gasteiger partial charge in [0.25, 0.3) is 0 Å². The van der Waals surface area contributed by atoms with E-state index >= 15 is 0 Å². The van der Waals surface area contributed by atoms with Crippen LogP contribution >= 0.6 is 0 Å². The van der Waals surface area contributed by atoms with Crippen LogP contribution in [0.5, 0.6) is 0 Å². The molecule has 0 atom stereocenters. The third-order valence-electron chi connectivity index (χ3n) is 3.10. The Kier molecular flexibility index (Phi) is 4.18. The molecule has 108 valence electrons. The molecule has 0 aliphatic rings. The highest BCUT2D eigenvalue weighted by atomic mass is 16.4. The molecule has 1 aromatic heterocycles. The second-order valence-corrected chi connectivity index (χ2v) is 4.55. The van der Waals surface area contributed by atoms with Crippen molar-refractivity contribution < 1.29 is 14.7 Å². The van der Waals surface area contributed by atoms with Gasteiger partial charge in [0, 0.05) is 11.9 Å². The number of aromatic carboxylic acids is 1. The zero-order valence-corrected chi connectivity index (χ0v) is 11.7. The van der Waals surface area contributed by atoms with Crippen molar-refractivity contribution in [1.82, 2.24) is 4.98 Å². The maximum absolute atomic E-state index is 12.0. The first-order valence-electron chi connectivity index (χ1n) is 6.30. The summed E-state index contributed by atoms with van der Waals surface area (Å²) in [7, 11) is 0. The smallest absolute Gasteiger partial charge is 0.336 e. The van der Waals surface area contributed by atoms with E-state index in [-0.39, 0.29) is 5.56 Å². The molecule has 1 aromatic carbocycles. The SMILES string of the molecule is Cc1ccncc1NC(=O)Nc1cccc(C(=O)O)c1C. The fraction of sp³-hybridized carbons (Fsp3) is 0.133. The third kappa shape index (κ3) is 3.36. The Morgan fingerprint density at radius 2 is 1.81 bits per heavy atom. The molecule has 0 fully saturated rings. The second kappa shape index (κ2) is 6.04. The average molecular weight is 285 g/mol. The number of aryl methyl sites for hydroxylation is 1. The highest BCUT2D eigenvalue weighted by molar-refractivity contribution is 6.01. The Morgan fingerprint density at radius 1 is 1.10 bits per heavy atom. The maximum Gasteiger partial charge on any atom is 0.336 e. The van der Waals surface area contributed by atoms with Crippen LogP contribution in [0.2, 0.25) is 0 Å². The first kappa shape index (κ1) is 14.5. The summed E-state index contributed by atoms with van der Waals surface area (Å²) in [4.78, 5) is 27.0. The minimum atomic E-state index is -1.03. The lowest BCUT2D eigenvalue weighted by molar-refractivity contribution is 0.0696. The van der Waals surface area contributed by atoms with Crippen molar-refractivity contribution in [3.8, 4) is 0 Å². The average Bonchev–Trinajstić information content (AvgIpc) is 2.43. The number of aromatic nitrogens is 1. The quantitative estimate of drug-likeness (QED) is 0.808. The van der Waals surface area contributed by atoms with Crippen molar-refractivity contribution in [2.75, 3.05) is 10.6 Å². The number of rotatable bonds is 3. The number of anilines is 2. The summed E-state index contributed by atoms with van der Waals surface area (Å²) in [6, 6.07) is 6.06. The van der Waals surface area contributed by atoms with Gasteiger partial charge >= 0.3 is 12.0 Å². The number of hydrogen-bond donors (Lipinski definition) is 3. The lowest BCUT2D eigenvalue weighted by atomic mass is 10.1. The maximum atomic E-state index is 12.0. The molecule has 0 radical (unpaired) electrons. The molecule has 2 amide bonds. The summed E-state index contributed by atoms with van der Waals surface area (Å²) in [5, 5.41) is 14.4. The van der Waals surface area contributed by atoms with Gasteiger partial charge < -0.3 is 15.7 Å². The van der Waals surface area contributed by atoms with Crippen molar-refractivity contribution in [2.45, 2.75) is 13.8 Å². The molecule has 2 rings (SSSR count). The van der Waals surface area contributed by atoms with Crippen molar-refractivity contribution in [3.63, 3.8) is 0 Å². The van der Waals surface area contributed by atoms with Crippen LogP contribution in [-0.2, 0) is 0 Å². The van der Waals surface area contributed by atoms with Gasteiger partial charge in [-0.2, -0.15) is 0 Å². The second-order valence-electron chi connectivity index (χ2n) is 4.55. The van der Waals surface area contributed by atoms with Gasteiger partial charge in [-0.25, -0.2) is 9.59 Å². The Labute approximate surface area is 121 Å². The first-order chi connectivity index (χ1) is 9.99. The molecule has 0 unspecified atom stereocenters. The number of carbonyl (C=O) groups excluding carboxylic acids is 1. The van der Waals surface area contributed by atoms with E-state index in [2.05, 4.69) is 15.6 Å². The van der Waals surface area contributed by atoms with Crippen LogP contribution in [0.25, 0.3) is 0 Å². The highest BCUT2D eigenvalue weighted by Crippen LogP contribution is 2.19. The fourth-order valence-electron chi connectivity index (χ4n) is 1.87. The number of amides is 2. The predicted molar refractivity (Wildman–Crippen MR) is 79.8 cm³/mol. The van der Waals surface area contributed by atoms with Gasteiger partial charge in [0.1, 0.15) is 0 Å². The molecule has 3 N–H and O–H groups in total. The first-order valence-corrected chi connectivity index (χ1v) is 6.30. The van der Waals surface area contributed by atoms with Crippen LogP contribution in [-0.4, -0.2) is 22.1 Å². The van der Waals surface area contributed by atoms with Crippen molar-refractivity contribution in [2.24, 2.45) is 0 Å². The number of nitrogens with zero attached hydrogens (tertiary/aromatic N) is 1. The number of carbonyl (C=O) groups is 2. The van der Waals surface area contributed by atoms with Gasteiger partial charge in [0.05, 0.1) is 17.4 Å². The van der Waals surface area contributed by atoms with Crippen LogP contribution < -0.4 is 10.6 Å². The summed E-state index contributed by atoms with van der Waals surface area (Å²) in [5.74, 6) is -1.03. The molecule has 21 heavy (non-hydrogen) atoms. The summed E-state index contributed by atoms with van der Waals surface area (Å²) in [6.07, 6.45) is 3.19. The largest absolute Gasteiger partial charge is 0.478 e. The van der Waals surface area contributed by atoms with Gasteiger partial charge in [-0.1, -0.05) is 6.07 Å². The zero-order valence-electron chi connectivity index (χ0n) is 11.7. The van der Waals surface area contributed by atoms with E-state index in [0.717, 1.165) is 5.56 Å². The predicted octanol–water partition coefficient (Wildman–Crippen LogP) is 3.04. The Hall–Kier alpha value is -2.89.